The Morgan fingerprint density at radius 2 is 1.77 bits per heavy atom. The molecule has 0 saturated heterocycles. The predicted octanol–water partition coefficient (Wildman–Crippen LogP) is 2.39. The largest absolute Gasteiger partial charge is 0.361 e. The van der Waals surface area contributed by atoms with Gasteiger partial charge in [0.2, 0.25) is 15.8 Å². The second-order valence-corrected chi connectivity index (χ2v) is 7.88. The van der Waals surface area contributed by atoms with Crippen LogP contribution in [0.15, 0.2) is 59.5 Å². The van der Waals surface area contributed by atoms with Crippen LogP contribution in [-0.2, 0) is 21.2 Å². The van der Waals surface area contributed by atoms with E-state index >= 15 is 0 Å². The number of hydrogen-bond donors (Lipinski definition) is 1. The first-order chi connectivity index (χ1) is 12.3. The lowest BCUT2D eigenvalue weighted by molar-refractivity contribution is -0.120. The van der Waals surface area contributed by atoms with Crippen molar-refractivity contribution in [2.24, 2.45) is 5.92 Å². The average molecular weight is 371 g/mol. The number of Topliss-reactive ketones (excluding diaryl/α,β-unsaturated/α-hetero) is 1. The van der Waals surface area contributed by atoms with Gasteiger partial charge in [-0.2, -0.15) is 4.79 Å². The zero-order valence-corrected chi connectivity index (χ0v) is 15.5. The molecule has 1 N–H and O–H groups in total. The molecular formula is C19H21N3O3S. The highest BCUT2D eigenvalue weighted by Crippen LogP contribution is 2.17. The maximum absolute atomic E-state index is 12.6. The normalized spacial score (nSPS) is 13.5. The van der Waals surface area contributed by atoms with E-state index in [2.05, 4.69) is 9.51 Å². The molecule has 0 aliphatic rings. The first-order valence-corrected chi connectivity index (χ1v) is 9.66. The highest BCUT2D eigenvalue weighted by molar-refractivity contribution is 7.89. The third-order valence-electron chi connectivity index (χ3n) is 4.12. The number of carbonyl (C=O) groups excluding carboxylic acids is 1. The van der Waals surface area contributed by atoms with Crippen LogP contribution in [-0.4, -0.2) is 31.2 Å². The van der Waals surface area contributed by atoms with E-state index < -0.39 is 27.8 Å². The first kappa shape index (κ1) is 19.7. The molecule has 26 heavy (non-hydrogen) atoms. The van der Waals surface area contributed by atoms with Crippen LogP contribution in [0.4, 0.5) is 0 Å². The number of sulfonamides is 1. The summed E-state index contributed by atoms with van der Waals surface area (Å²) in [6.07, 6.45) is 1.13. The zero-order valence-electron chi connectivity index (χ0n) is 14.7. The number of aryl methyl sites for hydroxylation is 1. The van der Waals surface area contributed by atoms with Crippen LogP contribution >= 0.6 is 0 Å². The summed E-state index contributed by atoms with van der Waals surface area (Å²) in [4.78, 5) is 15.2. The highest BCUT2D eigenvalue weighted by Gasteiger charge is 2.30. The quantitative estimate of drug-likeness (QED) is 0.438. The van der Waals surface area contributed by atoms with E-state index in [1.54, 1.807) is 19.1 Å². The van der Waals surface area contributed by atoms with Crippen molar-refractivity contribution in [3.8, 4) is 0 Å². The fourth-order valence-electron chi connectivity index (χ4n) is 2.66. The number of nitrogens with zero attached hydrogens (tertiary/aromatic N) is 2. The molecule has 136 valence electrons. The number of ketones is 1. The minimum Gasteiger partial charge on any atom is -0.361 e. The Kier molecular flexibility index (Phi) is 6.58. The Balaban J connectivity index is 2.25. The van der Waals surface area contributed by atoms with Gasteiger partial charge in [0.05, 0.1) is 4.90 Å². The third-order valence-corrected chi connectivity index (χ3v) is 5.70. The molecule has 0 bridgehead atoms. The maximum Gasteiger partial charge on any atom is 0.323 e. The summed E-state index contributed by atoms with van der Waals surface area (Å²) < 4.78 is 27.7. The third kappa shape index (κ3) is 5.20. The van der Waals surface area contributed by atoms with Crippen molar-refractivity contribution >= 4 is 22.0 Å². The fourth-order valence-corrected chi connectivity index (χ4v) is 3.94. The summed E-state index contributed by atoms with van der Waals surface area (Å²) in [5.74, 6) is -1.15. The molecule has 2 aromatic rings. The van der Waals surface area contributed by atoms with Crippen molar-refractivity contribution in [3.63, 3.8) is 0 Å². The summed E-state index contributed by atoms with van der Waals surface area (Å²) in [5.41, 5.74) is 10.5. The van der Waals surface area contributed by atoms with Crippen molar-refractivity contribution < 1.29 is 18.0 Å². The number of hydrogen-bond acceptors (Lipinski definition) is 3. The van der Waals surface area contributed by atoms with Crippen LogP contribution in [0.5, 0.6) is 0 Å². The SMILES string of the molecule is Cc1ccc(S(=O)(=O)N[C@@H](C)[C@H](Cc2ccccc2)C(=O)C=[N+]=[N-])cc1. The molecule has 2 atom stereocenters. The molecule has 0 radical (unpaired) electrons. The summed E-state index contributed by atoms with van der Waals surface area (Å²) in [6, 6.07) is 15.0. The van der Waals surface area contributed by atoms with Crippen molar-refractivity contribution in [1.29, 1.82) is 0 Å². The van der Waals surface area contributed by atoms with E-state index in [1.807, 2.05) is 37.3 Å². The van der Waals surface area contributed by atoms with Gasteiger partial charge in [-0.05, 0) is 38.0 Å². The standard InChI is InChI=1S/C19H21N3O3S/c1-14-8-10-17(11-9-14)26(24,25)22-15(2)18(19(23)13-21-20)12-16-6-4-3-5-7-16/h3-11,13,15,18,22H,12H2,1-2H3/t15-,18-/m0/s1. The molecular weight excluding hydrogens is 350 g/mol. The van der Waals surface area contributed by atoms with Crippen molar-refractivity contribution in [3.05, 3.63) is 71.3 Å². The van der Waals surface area contributed by atoms with E-state index in [0.29, 0.717) is 6.42 Å². The van der Waals surface area contributed by atoms with Gasteiger partial charge in [-0.25, -0.2) is 13.1 Å². The molecule has 0 spiro atoms. The van der Waals surface area contributed by atoms with Crippen LogP contribution < -0.4 is 4.72 Å². The minimum atomic E-state index is -3.77. The molecule has 0 heterocycles. The Morgan fingerprint density at radius 1 is 1.15 bits per heavy atom. The van der Waals surface area contributed by atoms with E-state index in [-0.39, 0.29) is 4.90 Å². The lowest BCUT2D eigenvalue weighted by Gasteiger charge is -2.22. The molecule has 0 aromatic heterocycles. The van der Waals surface area contributed by atoms with Gasteiger partial charge in [0.1, 0.15) is 0 Å². The molecule has 6 nitrogen and oxygen atoms in total. The fraction of sp³-hybridized carbons (Fsp3) is 0.263. The van der Waals surface area contributed by atoms with Crippen molar-refractivity contribution in [1.82, 2.24) is 4.72 Å². The molecule has 0 fully saturated rings. The Hall–Kier alpha value is -2.60. The summed E-state index contributed by atoms with van der Waals surface area (Å²) in [5, 5.41) is 0. The van der Waals surface area contributed by atoms with Crippen LogP contribution in [0.3, 0.4) is 0 Å². The molecule has 0 aliphatic carbocycles. The summed E-state index contributed by atoms with van der Waals surface area (Å²) in [6.45, 7) is 3.50. The Bertz CT molecular complexity index is 903. The molecule has 2 aromatic carbocycles. The number of nitrogens with one attached hydrogen (secondary N) is 1. The number of benzene rings is 2. The van der Waals surface area contributed by atoms with Gasteiger partial charge >= 0.3 is 6.21 Å². The second kappa shape index (κ2) is 8.67. The lowest BCUT2D eigenvalue weighted by atomic mass is 9.90. The lowest BCUT2D eigenvalue weighted by Crippen LogP contribution is -2.42. The van der Waals surface area contributed by atoms with Gasteiger partial charge in [-0.3, -0.25) is 4.79 Å². The van der Waals surface area contributed by atoms with Gasteiger partial charge in [0.15, 0.2) is 0 Å². The van der Waals surface area contributed by atoms with Crippen molar-refractivity contribution in [2.75, 3.05) is 0 Å². The highest BCUT2D eigenvalue weighted by atomic mass is 32.2. The summed E-state index contributed by atoms with van der Waals surface area (Å²) >= 11 is 0. The van der Waals surface area contributed by atoms with Gasteiger partial charge in [-0.15, -0.1) is 0 Å². The van der Waals surface area contributed by atoms with Gasteiger partial charge in [0.25, 0.3) is 0 Å². The van der Waals surface area contributed by atoms with Crippen LogP contribution in [0.25, 0.3) is 5.53 Å². The molecule has 0 saturated carbocycles. The number of rotatable bonds is 8. The molecule has 0 aliphatic heterocycles. The van der Waals surface area contributed by atoms with E-state index in [1.165, 1.54) is 12.1 Å². The van der Waals surface area contributed by atoms with E-state index in [4.69, 9.17) is 5.53 Å². The van der Waals surface area contributed by atoms with Gasteiger partial charge in [-0.1, -0.05) is 48.0 Å². The van der Waals surface area contributed by atoms with Crippen molar-refractivity contribution in [2.45, 2.75) is 31.2 Å². The van der Waals surface area contributed by atoms with Crippen LogP contribution in [0.1, 0.15) is 18.1 Å². The second-order valence-electron chi connectivity index (χ2n) is 6.17. The Morgan fingerprint density at radius 3 is 2.35 bits per heavy atom. The molecule has 0 unspecified atom stereocenters. The topological polar surface area (TPSA) is 99.6 Å². The summed E-state index contributed by atoms with van der Waals surface area (Å²) in [7, 11) is -3.77. The predicted molar refractivity (Wildman–Crippen MR) is 99.3 cm³/mol. The maximum atomic E-state index is 12.6. The minimum absolute atomic E-state index is 0.136. The van der Waals surface area contributed by atoms with Gasteiger partial charge < -0.3 is 5.53 Å². The smallest absolute Gasteiger partial charge is 0.323 e. The van der Waals surface area contributed by atoms with E-state index in [9.17, 15) is 13.2 Å². The average Bonchev–Trinajstić information content (AvgIpc) is 2.60. The van der Waals surface area contributed by atoms with Crippen LogP contribution in [0.2, 0.25) is 0 Å². The number of carbonyl (C=O) groups is 1. The molecule has 0 amide bonds. The molecule has 2 rings (SSSR count). The van der Waals surface area contributed by atoms with Crippen LogP contribution in [0, 0.1) is 12.8 Å². The zero-order chi connectivity index (χ0) is 19.2. The van der Waals surface area contributed by atoms with Gasteiger partial charge in [0, 0.05) is 12.0 Å². The first-order valence-electron chi connectivity index (χ1n) is 8.17. The Labute approximate surface area is 153 Å². The monoisotopic (exact) mass is 371 g/mol. The van der Waals surface area contributed by atoms with E-state index in [0.717, 1.165) is 17.3 Å². The molecule has 7 heteroatoms.